The van der Waals surface area contributed by atoms with Crippen molar-refractivity contribution in [1.29, 1.82) is 0 Å². The first-order chi connectivity index (χ1) is 17.7. The van der Waals surface area contributed by atoms with Crippen molar-refractivity contribution in [2.24, 2.45) is 0 Å². The SMILES string of the molecule is COC(=O)CCCCOc1ccccc1C1CCC(OC[C@H]2NCCC[C@@H]2NC(=O)OC(C)(C)C)CC1. The van der Waals surface area contributed by atoms with Gasteiger partial charge >= 0.3 is 12.1 Å². The van der Waals surface area contributed by atoms with Crippen LogP contribution in [0.4, 0.5) is 4.79 Å². The maximum atomic E-state index is 12.3. The van der Waals surface area contributed by atoms with E-state index in [4.69, 9.17) is 18.9 Å². The highest BCUT2D eigenvalue weighted by Gasteiger charge is 2.30. The third kappa shape index (κ3) is 10.2. The zero-order chi connectivity index (χ0) is 26.7. The minimum Gasteiger partial charge on any atom is -0.493 e. The highest BCUT2D eigenvalue weighted by atomic mass is 16.6. The van der Waals surface area contributed by atoms with Gasteiger partial charge in [0.25, 0.3) is 0 Å². The topological polar surface area (TPSA) is 95.1 Å². The van der Waals surface area contributed by atoms with Crippen LogP contribution in [0.3, 0.4) is 0 Å². The van der Waals surface area contributed by atoms with Crippen LogP contribution in [-0.4, -0.2) is 62.7 Å². The summed E-state index contributed by atoms with van der Waals surface area (Å²) in [6.45, 7) is 7.75. The molecule has 0 radical (unpaired) electrons. The molecule has 0 spiro atoms. The zero-order valence-electron chi connectivity index (χ0n) is 23.1. The average molecular weight is 519 g/mol. The fourth-order valence-corrected chi connectivity index (χ4v) is 5.14. The summed E-state index contributed by atoms with van der Waals surface area (Å²) in [6.07, 6.45) is 7.97. The van der Waals surface area contributed by atoms with E-state index in [9.17, 15) is 9.59 Å². The van der Waals surface area contributed by atoms with E-state index in [0.717, 1.165) is 63.7 Å². The van der Waals surface area contributed by atoms with E-state index < -0.39 is 5.60 Å². The van der Waals surface area contributed by atoms with Gasteiger partial charge in [0, 0.05) is 12.5 Å². The molecule has 2 atom stereocenters. The number of esters is 1. The second kappa shape index (κ2) is 14.6. The van der Waals surface area contributed by atoms with Crippen LogP contribution in [0.1, 0.15) is 90.0 Å². The molecule has 2 aliphatic rings. The molecule has 1 aliphatic heterocycles. The summed E-state index contributed by atoms with van der Waals surface area (Å²) in [7, 11) is 1.42. The largest absolute Gasteiger partial charge is 0.493 e. The zero-order valence-corrected chi connectivity index (χ0v) is 23.1. The number of ether oxygens (including phenoxy) is 4. The van der Waals surface area contributed by atoms with Crippen LogP contribution in [0, 0.1) is 0 Å². The molecule has 1 aliphatic carbocycles. The number of carbonyl (C=O) groups excluding carboxylic acids is 2. The third-order valence-electron chi connectivity index (χ3n) is 7.09. The molecule has 1 saturated carbocycles. The van der Waals surface area contributed by atoms with Gasteiger partial charge < -0.3 is 29.6 Å². The van der Waals surface area contributed by atoms with Crippen LogP contribution in [0.2, 0.25) is 0 Å². The molecule has 2 N–H and O–H groups in total. The summed E-state index contributed by atoms with van der Waals surface area (Å²) in [6, 6.07) is 8.42. The molecule has 8 nitrogen and oxygen atoms in total. The number of carbonyl (C=O) groups is 2. The Morgan fingerprint density at radius 2 is 1.81 bits per heavy atom. The normalized spacial score (nSPS) is 24.2. The Morgan fingerprint density at radius 3 is 2.54 bits per heavy atom. The Labute approximate surface area is 222 Å². The number of piperidine rings is 1. The molecule has 1 aromatic rings. The molecule has 1 saturated heterocycles. The predicted molar refractivity (Wildman–Crippen MR) is 143 cm³/mol. The lowest BCUT2D eigenvalue weighted by molar-refractivity contribution is -0.140. The van der Waals surface area contributed by atoms with Crippen LogP contribution in [0.5, 0.6) is 5.75 Å². The highest BCUT2D eigenvalue weighted by molar-refractivity contribution is 5.69. The maximum Gasteiger partial charge on any atom is 0.407 e. The molecule has 0 aromatic heterocycles. The van der Waals surface area contributed by atoms with Gasteiger partial charge in [0.05, 0.1) is 32.5 Å². The monoisotopic (exact) mass is 518 g/mol. The number of hydrogen-bond donors (Lipinski definition) is 2. The lowest BCUT2D eigenvalue weighted by atomic mass is 9.82. The van der Waals surface area contributed by atoms with Crippen LogP contribution in [-0.2, 0) is 19.0 Å². The highest BCUT2D eigenvalue weighted by Crippen LogP contribution is 2.38. The van der Waals surface area contributed by atoms with E-state index in [1.165, 1.54) is 12.7 Å². The lowest BCUT2D eigenvalue weighted by Gasteiger charge is -2.36. The van der Waals surface area contributed by atoms with Gasteiger partial charge in [-0.15, -0.1) is 0 Å². The lowest BCUT2D eigenvalue weighted by Crippen LogP contribution is -2.56. The van der Waals surface area contributed by atoms with Crippen LogP contribution < -0.4 is 15.4 Å². The number of methoxy groups -OCH3 is 1. The van der Waals surface area contributed by atoms with Gasteiger partial charge in [0.2, 0.25) is 0 Å². The number of amides is 1. The third-order valence-corrected chi connectivity index (χ3v) is 7.09. The van der Waals surface area contributed by atoms with Crippen LogP contribution in [0.25, 0.3) is 0 Å². The standard InChI is InChI=1S/C29H46N2O6/c1-29(2,3)37-28(33)31-24-11-9-18-30-25(24)20-36-22-16-14-21(15-17-22)23-10-5-6-12-26(23)35-19-8-7-13-27(32)34-4/h5-6,10,12,21-22,24-25,30H,7-9,11,13-20H2,1-4H3,(H,31,33)/t21?,22?,24-,25+/m0/s1. The number of benzene rings is 1. The van der Waals surface area contributed by atoms with Crippen molar-refractivity contribution in [2.45, 2.75) is 108 Å². The van der Waals surface area contributed by atoms with Crippen molar-refractivity contribution < 1.29 is 28.5 Å². The Kier molecular flexibility index (Phi) is 11.5. The van der Waals surface area contributed by atoms with Crippen LogP contribution in [0.15, 0.2) is 24.3 Å². The summed E-state index contributed by atoms with van der Waals surface area (Å²) in [5.41, 5.74) is 0.759. The van der Waals surface area contributed by atoms with E-state index in [-0.39, 0.29) is 30.3 Å². The molecular formula is C29H46N2O6. The number of alkyl carbamates (subject to hydrolysis) is 1. The molecule has 37 heavy (non-hydrogen) atoms. The quantitative estimate of drug-likeness (QED) is 0.311. The molecule has 0 bridgehead atoms. The first-order valence-corrected chi connectivity index (χ1v) is 13.9. The molecule has 1 heterocycles. The molecule has 8 heteroatoms. The average Bonchev–Trinajstić information content (AvgIpc) is 2.87. The van der Waals surface area contributed by atoms with E-state index in [1.807, 2.05) is 32.9 Å². The van der Waals surface area contributed by atoms with Crippen LogP contribution >= 0.6 is 0 Å². The second-order valence-electron chi connectivity index (χ2n) is 11.2. The second-order valence-corrected chi connectivity index (χ2v) is 11.2. The van der Waals surface area contributed by atoms with Gasteiger partial charge in [-0.05, 0) is 96.2 Å². The summed E-state index contributed by atoms with van der Waals surface area (Å²) in [5.74, 6) is 1.24. The van der Waals surface area contributed by atoms with E-state index in [2.05, 4.69) is 22.8 Å². The number of rotatable bonds is 11. The van der Waals surface area contributed by atoms with Crippen molar-refractivity contribution in [3.8, 4) is 5.75 Å². The van der Waals surface area contributed by atoms with Gasteiger partial charge in [-0.2, -0.15) is 0 Å². The smallest absolute Gasteiger partial charge is 0.407 e. The van der Waals surface area contributed by atoms with Crippen molar-refractivity contribution >= 4 is 12.1 Å². The molecule has 3 rings (SSSR count). The molecule has 1 aromatic carbocycles. The fourth-order valence-electron chi connectivity index (χ4n) is 5.14. The summed E-state index contributed by atoms with van der Waals surface area (Å²) < 4.78 is 22.6. The van der Waals surface area contributed by atoms with Gasteiger partial charge in [-0.3, -0.25) is 4.79 Å². The first-order valence-electron chi connectivity index (χ1n) is 13.9. The Hall–Kier alpha value is -2.32. The Balaban J connectivity index is 1.42. The van der Waals surface area contributed by atoms with Gasteiger partial charge in [-0.25, -0.2) is 4.79 Å². The predicted octanol–water partition coefficient (Wildman–Crippen LogP) is 5.10. The number of nitrogens with one attached hydrogen (secondary N) is 2. The van der Waals surface area contributed by atoms with E-state index in [0.29, 0.717) is 25.6 Å². The number of unbranched alkanes of at least 4 members (excludes halogenated alkanes) is 1. The van der Waals surface area contributed by atoms with Gasteiger partial charge in [0.1, 0.15) is 11.4 Å². The molecule has 0 unspecified atom stereocenters. The molecule has 1 amide bonds. The van der Waals surface area contributed by atoms with Gasteiger partial charge in [-0.1, -0.05) is 18.2 Å². The molecule has 208 valence electrons. The minimum atomic E-state index is -0.509. The van der Waals surface area contributed by atoms with Crippen molar-refractivity contribution in [3.63, 3.8) is 0 Å². The maximum absolute atomic E-state index is 12.3. The van der Waals surface area contributed by atoms with Gasteiger partial charge in [0.15, 0.2) is 0 Å². The van der Waals surface area contributed by atoms with Crippen molar-refractivity contribution in [3.05, 3.63) is 29.8 Å². The number of para-hydroxylation sites is 1. The summed E-state index contributed by atoms with van der Waals surface area (Å²) >= 11 is 0. The number of hydrogen-bond acceptors (Lipinski definition) is 7. The van der Waals surface area contributed by atoms with Crippen molar-refractivity contribution in [1.82, 2.24) is 10.6 Å². The summed E-state index contributed by atoms with van der Waals surface area (Å²) in [5, 5.41) is 6.56. The minimum absolute atomic E-state index is 0.0107. The molecular weight excluding hydrogens is 472 g/mol. The Morgan fingerprint density at radius 1 is 1.05 bits per heavy atom. The fraction of sp³-hybridized carbons (Fsp3) is 0.724. The summed E-state index contributed by atoms with van der Waals surface area (Å²) in [4.78, 5) is 23.6. The van der Waals surface area contributed by atoms with E-state index >= 15 is 0 Å². The van der Waals surface area contributed by atoms with E-state index in [1.54, 1.807) is 0 Å². The molecule has 2 fully saturated rings. The van der Waals surface area contributed by atoms with Crippen molar-refractivity contribution in [2.75, 3.05) is 26.9 Å². The first kappa shape index (κ1) is 29.2. The Bertz CT molecular complexity index is 847.